The van der Waals surface area contributed by atoms with E-state index in [1.165, 1.54) is 39.3 Å². The topological polar surface area (TPSA) is 85.0 Å². The van der Waals surface area contributed by atoms with Gasteiger partial charge in [-0.1, -0.05) is 0 Å². The van der Waals surface area contributed by atoms with Gasteiger partial charge >= 0.3 is 12.1 Å². The van der Waals surface area contributed by atoms with Crippen LogP contribution >= 0.6 is 0 Å². The number of hydrogen-bond donors (Lipinski definition) is 2. The lowest BCUT2D eigenvalue weighted by atomic mass is 10.0. The first kappa shape index (κ1) is 25.4. The van der Waals surface area contributed by atoms with Crippen LogP contribution < -0.4 is 25.0 Å². The summed E-state index contributed by atoms with van der Waals surface area (Å²) in [4.78, 5) is 19.4. The molecule has 0 atom stereocenters. The quantitative estimate of drug-likeness (QED) is 0.452. The Labute approximate surface area is 206 Å². The first-order valence-electron chi connectivity index (χ1n) is 11.4. The van der Waals surface area contributed by atoms with Gasteiger partial charge in [0, 0.05) is 43.3 Å². The molecule has 0 unspecified atom stereocenters. The first-order valence-corrected chi connectivity index (χ1v) is 11.4. The molecular formula is C25H27F3N4O4. The van der Waals surface area contributed by atoms with Crippen LogP contribution in [0.2, 0.25) is 0 Å². The number of hydrogen-bond acceptors (Lipinski definition) is 8. The number of aromatic nitrogens is 1. The Morgan fingerprint density at radius 1 is 1.11 bits per heavy atom. The van der Waals surface area contributed by atoms with Crippen molar-refractivity contribution in [1.29, 1.82) is 0 Å². The van der Waals surface area contributed by atoms with Gasteiger partial charge in [-0.15, -0.1) is 0 Å². The molecule has 0 aliphatic carbocycles. The van der Waals surface area contributed by atoms with E-state index in [0.717, 1.165) is 31.9 Å². The maximum atomic E-state index is 14.4. The molecule has 2 heterocycles. The second-order valence-corrected chi connectivity index (χ2v) is 8.06. The van der Waals surface area contributed by atoms with Gasteiger partial charge in [-0.3, -0.25) is 0 Å². The number of fused-ring (bicyclic) bond motifs is 1. The summed E-state index contributed by atoms with van der Waals surface area (Å²) in [6.07, 6.45) is -4.87. The van der Waals surface area contributed by atoms with Crippen molar-refractivity contribution < 1.29 is 32.2 Å². The Bertz CT molecular complexity index is 1260. The molecule has 0 saturated carbocycles. The van der Waals surface area contributed by atoms with Crippen molar-refractivity contribution in [2.75, 3.05) is 57.2 Å². The van der Waals surface area contributed by atoms with Crippen molar-refractivity contribution in [3.05, 3.63) is 47.5 Å². The van der Waals surface area contributed by atoms with Crippen LogP contribution in [0.1, 0.15) is 22.8 Å². The third-order valence-corrected chi connectivity index (χ3v) is 5.88. The fourth-order valence-electron chi connectivity index (χ4n) is 4.19. The van der Waals surface area contributed by atoms with Crippen molar-refractivity contribution in [2.45, 2.75) is 13.1 Å². The van der Waals surface area contributed by atoms with Gasteiger partial charge in [-0.05, 0) is 37.3 Å². The van der Waals surface area contributed by atoms with Crippen LogP contribution in [-0.4, -0.2) is 58.0 Å². The molecule has 3 aromatic rings. The fraction of sp³-hybridized carbons (Fsp3) is 0.360. The molecule has 192 valence electrons. The van der Waals surface area contributed by atoms with Gasteiger partial charge in [0.25, 0.3) is 0 Å². The molecule has 0 radical (unpaired) electrons. The van der Waals surface area contributed by atoms with E-state index in [1.54, 1.807) is 12.1 Å². The number of halogens is 3. The number of anilines is 3. The highest BCUT2D eigenvalue weighted by molar-refractivity contribution is 6.03. The summed E-state index contributed by atoms with van der Waals surface area (Å²) in [6, 6.07) is 9.46. The molecule has 1 fully saturated rings. The maximum absolute atomic E-state index is 14.4. The minimum absolute atomic E-state index is 0.0371. The zero-order valence-corrected chi connectivity index (χ0v) is 20.2. The van der Waals surface area contributed by atoms with Crippen LogP contribution in [0, 0.1) is 0 Å². The van der Waals surface area contributed by atoms with Crippen molar-refractivity contribution >= 4 is 34.1 Å². The second-order valence-electron chi connectivity index (χ2n) is 8.06. The van der Waals surface area contributed by atoms with Gasteiger partial charge in [0.2, 0.25) is 0 Å². The summed E-state index contributed by atoms with van der Waals surface area (Å²) in [5.74, 6) is -0.825. The average Bonchev–Trinajstić information content (AvgIpc) is 2.87. The second kappa shape index (κ2) is 10.5. The molecule has 1 saturated heterocycles. The molecule has 0 bridgehead atoms. The number of carbonyl (C=O) groups is 1. The Hall–Kier alpha value is -3.73. The molecule has 8 nitrogen and oxygen atoms in total. The minimum atomic E-state index is -4.87. The smallest absolute Gasteiger partial charge is 0.418 e. The molecule has 4 rings (SSSR count). The third kappa shape index (κ3) is 5.11. The number of ether oxygens (including phenoxy) is 3. The SMILES string of the molecule is CCOC(=O)c1c(Nc2ccc(N3CCNCC3)cc2OC)nc2ccc(OC)cc2c1C(F)(F)F. The number of nitrogens with one attached hydrogen (secondary N) is 2. The molecule has 36 heavy (non-hydrogen) atoms. The predicted molar refractivity (Wildman–Crippen MR) is 131 cm³/mol. The van der Waals surface area contributed by atoms with Crippen LogP contribution in [0.3, 0.4) is 0 Å². The number of pyridine rings is 1. The highest BCUT2D eigenvalue weighted by Gasteiger charge is 2.40. The zero-order valence-electron chi connectivity index (χ0n) is 20.2. The normalized spacial score (nSPS) is 14.0. The minimum Gasteiger partial charge on any atom is -0.497 e. The van der Waals surface area contributed by atoms with Gasteiger partial charge in [0.05, 0.1) is 37.6 Å². The molecule has 2 aromatic carbocycles. The molecule has 1 aromatic heterocycles. The van der Waals surface area contributed by atoms with Crippen molar-refractivity contribution in [3.63, 3.8) is 0 Å². The third-order valence-electron chi connectivity index (χ3n) is 5.88. The van der Waals surface area contributed by atoms with Gasteiger partial charge in [-0.25, -0.2) is 9.78 Å². The number of methoxy groups -OCH3 is 2. The lowest BCUT2D eigenvalue weighted by molar-refractivity contribution is -0.136. The number of piperazine rings is 1. The van der Waals surface area contributed by atoms with Crippen LogP contribution in [0.5, 0.6) is 11.5 Å². The monoisotopic (exact) mass is 504 g/mol. The van der Waals surface area contributed by atoms with Crippen LogP contribution in [0.25, 0.3) is 10.9 Å². The first-order chi connectivity index (χ1) is 17.3. The van der Waals surface area contributed by atoms with Gasteiger partial charge in [0.15, 0.2) is 0 Å². The maximum Gasteiger partial charge on any atom is 0.418 e. The Balaban J connectivity index is 1.87. The van der Waals surface area contributed by atoms with E-state index in [4.69, 9.17) is 14.2 Å². The summed E-state index contributed by atoms with van der Waals surface area (Å²) in [6.45, 7) is 4.73. The summed E-state index contributed by atoms with van der Waals surface area (Å²) in [7, 11) is 2.82. The van der Waals surface area contributed by atoms with Crippen molar-refractivity contribution in [1.82, 2.24) is 10.3 Å². The van der Waals surface area contributed by atoms with Crippen LogP contribution in [0.15, 0.2) is 36.4 Å². The van der Waals surface area contributed by atoms with E-state index in [2.05, 4.69) is 20.5 Å². The Morgan fingerprint density at radius 3 is 2.50 bits per heavy atom. The van der Waals surface area contributed by atoms with Gasteiger partial charge in [-0.2, -0.15) is 13.2 Å². The summed E-state index contributed by atoms with van der Waals surface area (Å²) in [5, 5.41) is 5.91. The van der Waals surface area contributed by atoms with Gasteiger partial charge in [0.1, 0.15) is 22.9 Å². The highest BCUT2D eigenvalue weighted by Crippen LogP contribution is 2.42. The molecule has 11 heteroatoms. The summed E-state index contributed by atoms with van der Waals surface area (Å²) < 4.78 is 58.8. The fourth-order valence-corrected chi connectivity index (χ4v) is 4.19. The van der Waals surface area contributed by atoms with Crippen LogP contribution in [0.4, 0.5) is 30.4 Å². The Kier molecular flexibility index (Phi) is 7.39. The highest BCUT2D eigenvalue weighted by atomic mass is 19.4. The molecule has 1 aliphatic rings. The van der Waals surface area contributed by atoms with Crippen LogP contribution in [-0.2, 0) is 10.9 Å². The van der Waals surface area contributed by atoms with Gasteiger partial charge < -0.3 is 29.7 Å². The van der Waals surface area contributed by atoms with E-state index < -0.39 is 23.3 Å². The van der Waals surface area contributed by atoms with E-state index in [9.17, 15) is 18.0 Å². The number of benzene rings is 2. The summed E-state index contributed by atoms with van der Waals surface area (Å²) >= 11 is 0. The zero-order chi connectivity index (χ0) is 25.9. The average molecular weight is 505 g/mol. The number of carbonyl (C=O) groups excluding carboxylic acids is 1. The Morgan fingerprint density at radius 2 is 1.86 bits per heavy atom. The lowest BCUT2D eigenvalue weighted by Crippen LogP contribution is -2.43. The number of alkyl halides is 3. The largest absolute Gasteiger partial charge is 0.497 e. The molecule has 0 spiro atoms. The standard InChI is InChI=1S/C25H27F3N4O4/c1-4-36-24(33)21-22(25(26,27)28)17-14-16(34-2)6-8-18(17)30-23(21)31-19-7-5-15(13-20(19)35-3)32-11-9-29-10-12-32/h5-8,13-14,29H,4,9-12H2,1-3H3,(H,30,31). The predicted octanol–water partition coefficient (Wildman–Crippen LogP) is 4.60. The molecule has 0 amide bonds. The van der Waals surface area contributed by atoms with Crippen molar-refractivity contribution in [3.8, 4) is 11.5 Å². The van der Waals surface area contributed by atoms with E-state index in [-0.39, 0.29) is 29.1 Å². The van der Waals surface area contributed by atoms with E-state index in [1.807, 2.05) is 6.07 Å². The molecular weight excluding hydrogens is 477 g/mol. The number of esters is 1. The molecule has 2 N–H and O–H groups in total. The van der Waals surface area contributed by atoms with E-state index in [0.29, 0.717) is 11.4 Å². The number of nitrogens with zero attached hydrogens (tertiary/aromatic N) is 2. The molecule has 1 aliphatic heterocycles. The lowest BCUT2D eigenvalue weighted by Gasteiger charge is -2.30. The summed E-state index contributed by atoms with van der Waals surface area (Å²) in [5.41, 5.74) is -0.549. The number of rotatable bonds is 7. The van der Waals surface area contributed by atoms with E-state index >= 15 is 0 Å². The van der Waals surface area contributed by atoms with Crippen molar-refractivity contribution in [2.24, 2.45) is 0 Å².